The first kappa shape index (κ1) is 17.1. The summed E-state index contributed by atoms with van der Waals surface area (Å²) >= 11 is 0. The third-order valence-electron chi connectivity index (χ3n) is 3.93. The Morgan fingerprint density at radius 1 is 1.05 bits per heavy atom. The van der Waals surface area contributed by atoms with Crippen molar-refractivity contribution in [2.24, 2.45) is 10.8 Å². The first-order valence-electron chi connectivity index (χ1n) is 7.77. The molecule has 116 valence electrons. The van der Waals surface area contributed by atoms with Gasteiger partial charge >= 0.3 is 6.03 Å². The monoisotopic (exact) mass is 280 g/mol. The fourth-order valence-corrected chi connectivity index (χ4v) is 2.92. The molecule has 0 aromatic carbocycles. The molecule has 1 aliphatic heterocycles. The first-order valence-corrected chi connectivity index (χ1v) is 7.77. The maximum absolute atomic E-state index is 12.6. The molecule has 0 atom stereocenters. The van der Waals surface area contributed by atoms with Gasteiger partial charge in [-0.05, 0) is 17.4 Å². The molecular formula is C17H32N2O. The minimum Gasteiger partial charge on any atom is -0.320 e. The quantitative estimate of drug-likeness (QED) is 0.746. The van der Waals surface area contributed by atoms with E-state index in [2.05, 4.69) is 48.5 Å². The maximum Gasteiger partial charge on any atom is 0.324 e. The van der Waals surface area contributed by atoms with E-state index in [-0.39, 0.29) is 16.9 Å². The normalized spacial score (nSPS) is 18.1. The van der Waals surface area contributed by atoms with E-state index in [0.717, 1.165) is 25.9 Å². The third kappa shape index (κ3) is 3.56. The molecule has 0 fully saturated rings. The van der Waals surface area contributed by atoms with Gasteiger partial charge < -0.3 is 9.80 Å². The summed E-state index contributed by atoms with van der Waals surface area (Å²) < 4.78 is 0. The minimum atomic E-state index is -0.0100. The van der Waals surface area contributed by atoms with Crippen LogP contribution in [0.1, 0.15) is 61.3 Å². The number of allylic oxidation sites excluding steroid dienone is 1. The molecule has 0 N–H and O–H groups in total. The Morgan fingerprint density at radius 2 is 1.60 bits per heavy atom. The van der Waals surface area contributed by atoms with Crippen LogP contribution in [-0.2, 0) is 0 Å². The molecule has 0 aliphatic carbocycles. The second-order valence-electron chi connectivity index (χ2n) is 7.94. The van der Waals surface area contributed by atoms with Crippen LogP contribution in [0.3, 0.4) is 0 Å². The number of urea groups is 1. The number of hydrogen-bond acceptors (Lipinski definition) is 1. The topological polar surface area (TPSA) is 23.6 Å². The largest absolute Gasteiger partial charge is 0.324 e. The van der Waals surface area contributed by atoms with Gasteiger partial charge in [0.25, 0.3) is 0 Å². The van der Waals surface area contributed by atoms with Gasteiger partial charge in [-0.15, -0.1) is 0 Å². The fourth-order valence-electron chi connectivity index (χ4n) is 2.92. The van der Waals surface area contributed by atoms with Crippen molar-refractivity contribution in [3.05, 3.63) is 11.3 Å². The van der Waals surface area contributed by atoms with Crippen molar-refractivity contribution in [3.63, 3.8) is 0 Å². The lowest BCUT2D eigenvalue weighted by Gasteiger charge is -2.45. The van der Waals surface area contributed by atoms with Gasteiger partial charge in [0.2, 0.25) is 0 Å². The predicted octanol–water partition coefficient (Wildman–Crippen LogP) is 4.50. The van der Waals surface area contributed by atoms with E-state index in [1.54, 1.807) is 0 Å². The van der Waals surface area contributed by atoms with Gasteiger partial charge in [0, 0.05) is 31.2 Å². The molecular weight excluding hydrogens is 248 g/mol. The van der Waals surface area contributed by atoms with Crippen molar-refractivity contribution >= 4 is 6.03 Å². The summed E-state index contributed by atoms with van der Waals surface area (Å²) in [5.41, 5.74) is 2.66. The van der Waals surface area contributed by atoms with Crippen LogP contribution in [0.2, 0.25) is 0 Å². The summed E-state index contributed by atoms with van der Waals surface area (Å²) in [5.74, 6) is 0. The third-order valence-corrected chi connectivity index (χ3v) is 3.93. The van der Waals surface area contributed by atoms with Crippen LogP contribution in [0.15, 0.2) is 11.3 Å². The summed E-state index contributed by atoms with van der Waals surface area (Å²) in [5, 5.41) is 0. The van der Waals surface area contributed by atoms with E-state index in [1.165, 1.54) is 11.3 Å². The molecule has 2 amide bonds. The van der Waals surface area contributed by atoms with Gasteiger partial charge in [0.05, 0.1) is 0 Å². The maximum atomic E-state index is 12.6. The number of carbonyl (C=O) groups is 1. The molecule has 0 saturated heterocycles. The van der Waals surface area contributed by atoms with E-state index in [1.807, 2.05) is 16.8 Å². The van der Waals surface area contributed by atoms with E-state index in [0.29, 0.717) is 0 Å². The van der Waals surface area contributed by atoms with Crippen molar-refractivity contribution in [1.82, 2.24) is 9.80 Å². The Kier molecular flexibility index (Phi) is 4.94. The van der Waals surface area contributed by atoms with Crippen LogP contribution < -0.4 is 0 Å². The molecule has 0 radical (unpaired) electrons. The highest BCUT2D eigenvalue weighted by molar-refractivity contribution is 5.78. The number of hydrogen-bond donors (Lipinski definition) is 0. The van der Waals surface area contributed by atoms with Crippen molar-refractivity contribution in [3.8, 4) is 0 Å². The van der Waals surface area contributed by atoms with Gasteiger partial charge in [-0.2, -0.15) is 0 Å². The standard InChI is InChI=1S/C17H32N2O/c1-9-10-11-19-12-13(16(2,3)4)14(17(5,6)7)18(8)15(19)20/h9-12H2,1-8H3. The number of nitrogens with zero attached hydrogens (tertiary/aromatic N) is 2. The van der Waals surface area contributed by atoms with Crippen LogP contribution in [0.25, 0.3) is 0 Å². The zero-order valence-electron chi connectivity index (χ0n) is 14.6. The van der Waals surface area contributed by atoms with E-state index < -0.39 is 0 Å². The second kappa shape index (κ2) is 5.79. The van der Waals surface area contributed by atoms with Crippen LogP contribution in [-0.4, -0.2) is 36.0 Å². The Balaban J connectivity index is 3.26. The highest BCUT2D eigenvalue weighted by atomic mass is 16.2. The Labute approximate surface area is 125 Å². The number of unbranched alkanes of at least 4 members (excludes halogenated alkanes) is 1. The number of amides is 2. The average Bonchev–Trinajstić information content (AvgIpc) is 2.27. The Morgan fingerprint density at radius 3 is 2.00 bits per heavy atom. The molecule has 3 nitrogen and oxygen atoms in total. The zero-order chi connectivity index (χ0) is 15.7. The summed E-state index contributed by atoms with van der Waals surface area (Å²) in [4.78, 5) is 16.5. The van der Waals surface area contributed by atoms with Crippen LogP contribution in [0.4, 0.5) is 4.79 Å². The van der Waals surface area contributed by atoms with Crippen molar-refractivity contribution in [2.75, 3.05) is 20.1 Å². The average molecular weight is 280 g/mol. The van der Waals surface area contributed by atoms with Gasteiger partial charge in [-0.25, -0.2) is 4.79 Å². The molecule has 20 heavy (non-hydrogen) atoms. The lowest BCUT2D eigenvalue weighted by molar-refractivity contribution is 0.149. The van der Waals surface area contributed by atoms with Crippen molar-refractivity contribution < 1.29 is 4.79 Å². The zero-order valence-corrected chi connectivity index (χ0v) is 14.6. The van der Waals surface area contributed by atoms with Crippen LogP contribution in [0, 0.1) is 10.8 Å². The summed E-state index contributed by atoms with van der Waals surface area (Å²) in [7, 11) is 1.92. The molecule has 0 bridgehead atoms. The Hall–Kier alpha value is -0.990. The van der Waals surface area contributed by atoms with Gasteiger partial charge in [0.1, 0.15) is 0 Å². The predicted molar refractivity (Wildman–Crippen MR) is 85.6 cm³/mol. The fraction of sp³-hybridized carbons (Fsp3) is 0.824. The molecule has 0 aromatic rings. The number of carbonyl (C=O) groups excluding carboxylic acids is 1. The molecule has 1 aliphatic rings. The SMILES string of the molecule is CCCCN1CC(C(C)(C)C)=C(C(C)(C)C)N(C)C1=O. The van der Waals surface area contributed by atoms with Gasteiger partial charge in [-0.1, -0.05) is 54.9 Å². The minimum absolute atomic E-state index is 0.0100. The summed E-state index contributed by atoms with van der Waals surface area (Å²) in [6.07, 6.45) is 2.19. The molecule has 0 spiro atoms. The Bertz CT molecular complexity index is 396. The molecule has 1 rings (SSSR count). The van der Waals surface area contributed by atoms with E-state index in [9.17, 15) is 4.79 Å². The highest BCUT2D eigenvalue weighted by Gasteiger charge is 2.38. The smallest absolute Gasteiger partial charge is 0.320 e. The number of rotatable bonds is 3. The molecule has 3 heteroatoms. The highest BCUT2D eigenvalue weighted by Crippen LogP contribution is 2.41. The second-order valence-corrected chi connectivity index (χ2v) is 7.94. The van der Waals surface area contributed by atoms with Crippen molar-refractivity contribution in [1.29, 1.82) is 0 Å². The van der Waals surface area contributed by atoms with E-state index in [4.69, 9.17) is 0 Å². The van der Waals surface area contributed by atoms with Crippen LogP contribution >= 0.6 is 0 Å². The van der Waals surface area contributed by atoms with Gasteiger partial charge in [0.15, 0.2) is 0 Å². The summed E-state index contributed by atoms with van der Waals surface area (Å²) in [6, 6.07) is 0.149. The van der Waals surface area contributed by atoms with E-state index >= 15 is 0 Å². The molecule has 0 unspecified atom stereocenters. The first-order chi connectivity index (χ1) is 9.00. The summed E-state index contributed by atoms with van der Waals surface area (Å²) in [6.45, 7) is 17.1. The molecule has 0 saturated carbocycles. The lowest BCUT2D eigenvalue weighted by atomic mass is 9.77. The molecule has 0 aromatic heterocycles. The molecule has 1 heterocycles. The van der Waals surface area contributed by atoms with Crippen LogP contribution in [0.5, 0.6) is 0 Å². The van der Waals surface area contributed by atoms with Gasteiger partial charge in [-0.3, -0.25) is 0 Å². The lowest BCUT2D eigenvalue weighted by Crippen LogP contribution is -2.51. The van der Waals surface area contributed by atoms with Crippen molar-refractivity contribution in [2.45, 2.75) is 61.3 Å².